The molecule has 1 unspecified atom stereocenters. The standard InChI is InChI=1S/C14H13NO4/c16-14(10-2-4-12(5-3-10)15(17)18)19-13-6-1-9-7-11(13)8-9/h1-6,9,11,13H,7-8H2. The van der Waals surface area contributed by atoms with Crippen LogP contribution in [0, 0.1) is 22.0 Å². The van der Waals surface area contributed by atoms with Crippen molar-refractivity contribution in [2.45, 2.75) is 18.9 Å². The highest BCUT2D eigenvalue weighted by Crippen LogP contribution is 2.42. The van der Waals surface area contributed by atoms with E-state index in [2.05, 4.69) is 6.08 Å². The Balaban J connectivity index is 1.68. The van der Waals surface area contributed by atoms with E-state index in [-0.39, 0.29) is 11.8 Å². The molecule has 19 heavy (non-hydrogen) atoms. The Bertz CT molecular complexity index is 543. The molecular formula is C14H13NO4. The molecule has 3 aliphatic carbocycles. The van der Waals surface area contributed by atoms with Gasteiger partial charge in [0.25, 0.3) is 5.69 Å². The van der Waals surface area contributed by atoms with Crippen molar-refractivity contribution in [3.8, 4) is 0 Å². The summed E-state index contributed by atoms with van der Waals surface area (Å²) in [5, 5.41) is 10.5. The van der Waals surface area contributed by atoms with Crippen LogP contribution in [-0.4, -0.2) is 17.0 Å². The summed E-state index contributed by atoms with van der Waals surface area (Å²) in [7, 11) is 0. The molecule has 1 atom stereocenters. The fourth-order valence-corrected chi connectivity index (χ4v) is 2.60. The molecule has 0 spiro atoms. The number of esters is 1. The molecule has 0 aliphatic heterocycles. The molecule has 0 radical (unpaired) electrons. The van der Waals surface area contributed by atoms with Crippen LogP contribution in [0.25, 0.3) is 0 Å². The zero-order valence-corrected chi connectivity index (χ0v) is 10.2. The maximum atomic E-state index is 11.9. The molecule has 1 fully saturated rings. The summed E-state index contributed by atoms with van der Waals surface area (Å²) in [5.41, 5.74) is 0.316. The Hall–Kier alpha value is -2.17. The average Bonchev–Trinajstić information content (AvgIpc) is 2.38. The number of nitro groups is 1. The van der Waals surface area contributed by atoms with Crippen LogP contribution in [0.3, 0.4) is 0 Å². The summed E-state index contributed by atoms with van der Waals surface area (Å²) in [6.45, 7) is 0. The average molecular weight is 259 g/mol. The summed E-state index contributed by atoms with van der Waals surface area (Å²) in [5.74, 6) is 0.686. The molecule has 1 aromatic carbocycles. The predicted octanol–water partition coefficient (Wildman–Crippen LogP) is 2.72. The first-order valence-corrected chi connectivity index (χ1v) is 6.27. The van der Waals surface area contributed by atoms with Crippen molar-refractivity contribution in [3.05, 3.63) is 52.1 Å². The maximum Gasteiger partial charge on any atom is 0.338 e. The van der Waals surface area contributed by atoms with Gasteiger partial charge in [-0.1, -0.05) is 6.08 Å². The van der Waals surface area contributed by atoms with Crippen LogP contribution >= 0.6 is 0 Å². The minimum absolute atomic E-state index is 0.0315. The maximum absolute atomic E-state index is 11.9. The van der Waals surface area contributed by atoms with Gasteiger partial charge in [0.2, 0.25) is 0 Å². The van der Waals surface area contributed by atoms with Crippen molar-refractivity contribution >= 4 is 11.7 Å². The third-order valence-electron chi connectivity index (χ3n) is 3.81. The van der Waals surface area contributed by atoms with Gasteiger partial charge in [-0.2, -0.15) is 0 Å². The van der Waals surface area contributed by atoms with E-state index >= 15 is 0 Å². The number of benzene rings is 1. The van der Waals surface area contributed by atoms with E-state index in [1.165, 1.54) is 24.3 Å². The smallest absolute Gasteiger partial charge is 0.338 e. The molecule has 3 aliphatic rings. The van der Waals surface area contributed by atoms with Crippen LogP contribution in [0.15, 0.2) is 36.4 Å². The van der Waals surface area contributed by atoms with Gasteiger partial charge < -0.3 is 4.74 Å². The molecule has 0 aromatic heterocycles. The molecule has 2 bridgehead atoms. The minimum atomic E-state index is -0.493. The van der Waals surface area contributed by atoms with Crippen molar-refractivity contribution in [2.24, 2.45) is 11.8 Å². The Morgan fingerprint density at radius 3 is 2.42 bits per heavy atom. The highest BCUT2D eigenvalue weighted by atomic mass is 16.6. The topological polar surface area (TPSA) is 69.4 Å². The number of rotatable bonds is 3. The van der Waals surface area contributed by atoms with E-state index in [4.69, 9.17) is 4.74 Å². The lowest BCUT2D eigenvalue weighted by Gasteiger charge is -2.41. The third-order valence-corrected chi connectivity index (χ3v) is 3.81. The van der Waals surface area contributed by atoms with E-state index in [1.54, 1.807) is 0 Å². The fraction of sp³-hybridized carbons (Fsp3) is 0.357. The van der Waals surface area contributed by atoms with Gasteiger partial charge in [0.15, 0.2) is 0 Å². The number of allylic oxidation sites excluding steroid dienone is 1. The monoisotopic (exact) mass is 259 g/mol. The zero-order chi connectivity index (χ0) is 13.4. The van der Waals surface area contributed by atoms with Crippen molar-refractivity contribution in [1.29, 1.82) is 0 Å². The molecule has 1 saturated carbocycles. The second-order valence-electron chi connectivity index (χ2n) is 5.05. The van der Waals surface area contributed by atoms with Gasteiger partial charge in [-0.15, -0.1) is 0 Å². The van der Waals surface area contributed by atoms with Crippen LogP contribution in [-0.2, 0) is 4.74 Å². The molecule has 0 heterocycles. The summed E-state index contributed by atoms with van der Waals surface area (Å²) in [6, 6.07) is 5.48. The van der Waals surface area contributed by atoms with E-state index in [1.807, 2.05) is 6.08 Å². The van der Waals surface area contributed by atoms with Crippen LogP contribution in [0.5, 0.6) is 0 Å². The van der Waals surface area contributed by atoms with Crippen LogP contribution in [0.4, 0.5) is 5.69 Å². The number of nitrogens with zero attached hydrogens (tertiary/aromatic N) is 1. The Labute approximate surface area is 110 Å². The molecule has 0 amide bonds. The largest absolute Gasteiger partial charge is 0.454 e. The highest BCUT2D eigenvalue weighted by Gasteiger charge is 2.38. The van der Waals surface area contributed by atoms with Gasteiger partial charge >= 0.3 is 5.97 Å². The molecule has 0 N–H and O–H groups in total. The van der Waals surface area contributed by atoms with E-state index < -0.39 is 10.9 Å². The summed E-state index contributed by atoms with van der Waals surface area (Å²) in [6.07, 6.45) is 6.09. The predicted molar refractivity (Wildman–Crippen MR) is 67.7 cm³/mol. The number of carbonyl (C=O) groups is 1. The summed E-state index contributed by atoms with van der Waals surface area (Å²) >= 11 is 0. The highest BCUT2D eigenvalue weighted by molar-refractivity contribution is 5.89. The van der Waals surface area contributed by atoms with Crippen LogP contribution in [0.1, 0.15) is 23.2 Å². The van der Waals surface area contributed by atoms with Gasteiger partial charge in [0, 0.05) is 18.1 Å². The SMILES string of the molecule is O=C(OC1C=CC2CC1C2)c1ccc([N+](=O)[O-])cc1. The molecule has 4 rings (SSSR count). The van der Waals surface area contributed by atoms with E-state index in [9.17, 15) is 14.9 Å². The quantitative estimate of drug-likeness (QED) is 0.362. The van der Waals surface area contributed by atoms with Gasteiger partial charge in [0.05, 0.1) is 10.5 Å². The summed E-state index contributed by atoms with van der Waals surface area (Å²) < 4.78 is 5.43. The van der Waals surface area contributed by atoms with Crippen molar-refractivity contribution < 1.29 is 14.5 Å². The molecule has 1 aromatic rings. The number of hydrogen-bond acceptors (Lipinski definition) is 4. The number of ether oxygens (including phenoxy) is 1. The zero-order valence-electron chi connectivity index (χ0n) is 10.2. The number of nitro benzene ring substituents is 1. The number of carbonyl (C=O) groups excluding carboxylic acids is 1. The van der Waals surface area contributed by atoms with Gasteiger partial charge in [-0.25, -0.2) is 4.79 Å². The number of hydrogen-bond donors (Lipinski definition) is 0. The first-order chi connectivity index (χ1) is 9.13. The number of non-ortho nitro benzene ring substituents is 1. The first kappa shape index (κ1) is 11.9. The minimum Gasteiger partial charge on any atom is -0.454 e. The lowest BCUT2D eigenvalue weighted by molar-refractivity contribution is -0.384. The molecule has 5 heteroatoms. The molecular weight excluding hydrogens is 246 g/mol. The van der Waals surface area contributed by atoms with Crippen molar-refractivity contribution in [2.75, 3.05) is 0 Å². The Morgan fingerprint density at radius 2 is 1.89 bits per heavy atom. The second kappa shape index (κ2) is 4.50. The Morgan fingerprint density at radius 1 is 1.21 bits per heavy atom. The lowest BCUT2D eigenvalue weighted by Crippen LogP contribution is -2.38. The molecule has 98 valence electrons. The third kappa shape index (κ3) is 2.23. The van der Waals surface area contributed by atoms with Crippen molar-refractivity contribution in [3.63, 3.8) is 0 Å². The van der Waals surface area contributed by atoms with Crippen molar-refractivity contribution in [1.82, 2.24) is 0 Å². The first-order valence-electron chi connectivity index (χ1n) is 6.27. The number of fused-ring (bicyclic) bond motifs is 1. The summed E-state index contributed by atoms with van der Waals surface area (Å²) in [4.78, 5) is 22.0. The van der Waals surface area contributed by atoms with Crippen LogP contribution in [0.2, 0.25) is 0 Å². The second-order valence-corrected chi connectivity index (χ2v) is 5.05. The molecule has 0 saturated heterocycles. The Kier molecular flexibility index (Phi) is 2.81. The normalized spacial score (nSPS) is 27.5. The van der Waals surface area contributed by atoms with E-state index in [0.717, 1.165) is 12.8 Å². The van der Waals surface area contributed by atoms with Gasteiger partial charge in [-0.3, -0.25) is 10.1 Å². The van der Waals surface area contributed by atoms with Gasteiger partial charge in [0.1, 0.15) is 6.10 Å². The van der Waals surface area contributed by atoms with Crippen LogP contribution < -0.4 is 0 Å². The van der Waals surface area contributed by atoms with Gasteiger partial charge in [-0.05, 0) is 37.0 Å². The molecule has 5 nitrogen and oxygen atoms in total. The van der Waals surface area contributed by atoms with E-state index in [0.29, 0.717) is 17.4 Å². The fourth-order valence-electron chi connectivity index (χ4n) is 2.60. The lowest BCUT2D eigenvalue weighted by atomic mass is 9.68.